The fraction of sp³-hybridized carbons (Fsp3) is 0.0400. The molecule has 6 heteroatoms. The van der Waals surface area contributed by atoms with E-state index >= 15 is 0 Å². The van der Waals surface area contributed by atoms with Crippen LogP contribution in [0.15, 0.2) is 102 Å². The average molecular weight is 413 g/mol. The number of nitrogens with zero attached hydrogens (tertiary/aromatic N) is 2. The van der Waals surface area contributed by atoms with Gasteiger partial charge in [-0.15, -0.1) is 0 Å². The first-order valence-corrected chi connectivity index (χ1v) is 9.71. The highest BCUT2D eigenvalue weighted by molar-refractivity contribution is 5.95. The predicted octanol–water partition coefficient (Wildman–Crippen LogP) is 4.96. The lowest BCUT2D eigenvalue weighted by Gasteiger charge is -2.06. The molecule has 3 aromatic carbocycles. The maximum Gasteiger partial charge on any atom is 0.271 e. The van der Waals surface area contributed by atoms with Crippen LogP contribution >= 0.6 is 0 Å². The minimum atomic E-state index is -0.287. The largest absolute Gasteiger partial charge is 0.489 e. The zero-order valence-corrected chi connectivity index (χ0v) is 16.6. The molecule has 0 bridgehead atoms. The Kier molecular flexibility index (Phi) is 6.18. The summed E-state index contributed by atoms with van der Waals surface area (Å²) in [5, 5.41) is 4.01. The zero-order valence-electron chi connectivity index (χ0n) is 16.6. The molecule has 1 heterocycles. The topological polar surface area (TPSA) is 55.6 Å². The third kappa shape index (κ3) is 5.45. The van der Waals surface area contributed by atoms with Crippen molar-refractivity contribution in [1.82, 2.24) is 9.99 Å². The van der Waals surface area contributed by atoms with E-state index in [1.54, 1.807) is 42.6 Å². The highest BCUT2D eigenvalue weighted by Crippen LogP contribution is 2.14. The number of benzene rings is 3. The minimum Gasteiger partial charge on any atom is -0.489 e. The van der Waals surface area contributed by atoms with E-state index in [-0.39, 0.29) is 18.3 Å². The van der Waals surface area contributed by atoms with Crippen LogP contribution in [0.4, 0.5) is 4.39 Å². The third-order valence-electron chi connectivity index (χ3n) is 4.59. The van der Waals surface area contributed by atoms with Gasteiger partial charge < -0.3 is 9.30 Å². The van der Waals surface area contributed by atoms with E-state index in [1.807, 2.05) is 53.4 Å². The van der Waals surface area contributed by atoms with Gasteiger partial charge in [0.05, 0.1) is 6.21 Å². The number of amides is 1. The van der Waals surface area contributed by atoms with Crippen LogP contribution in [0.5, 0.6) is 5.75 Å². The molecule has 4 rings (SSSR count). The molecule has 0 aliphatic carbocycles. The molecule has 0 saturated carbocycles. The van der Waals surface area contributed by atoms with Gasteiger partial charge in [-0.1, -0.05) is 12.1 Å². The fourth-order valence-electron chi connectivity index (χ4n) is 2.97. The Morgan fingerprint density at radius 1 is 0.968 bits per heavy atom. The van der Waals surface area contributed by atoms with Crippen molar-refractivity contribution in [1.29, 1.82) is 0 Å². The molecule has 0 spiro atoms. The summed E-state index contributed by atoms with van der Waals surface area (Å²) < 4.78 is 20.8. The second kappa shape index (κ2) is 9.54. The van der Waals surface area contributed by atoms with Crippen LogP contribution < -0.4 is 10.2 Å². The SMILES string of the molecule is O=C(NN=Cc1ccc(OCc2cccc(F)c2)cc1)c1ccc(-n2cccc2)cc1. The Morgan fingerprint density at radius 2 is 1.71 bits per heavy atom. The molecule has 1 N–H and O–H groups in total. The number of aromatic nitrogens is 1. The van der Waals surface area contributed by atoms with Gasteiger partial charge >= 0.3 is 0 Å². The molecule has 0 saturated heterocycles. The van der Waals surface area contributed by atoms with Crippen LogP contribution in [0.1, 0.15) is 21.5 Å². The summed E-state index contributed by atoms with van der Waals surface area (Å²) in [7, 11) is 0. The number of hydrazone groups is 1. The summed E-state index contributed by atoms with van der Waals surface area (Å²) in [5.74, 6) is 0.0881. The standard InChI is InChI=1S/C25H20FN3O2/c26-22-5-3-4-20(16-22)18-31-24-12-6-19(7-13-24)17-27-28-25(30)21-8-10-23(11-9-21)29-14-1-2-15-29/h1-17H,18H2,(H,28,30). The van der Waals surface area contributed by atoms with Crippen molar-refractivity contribution in [3.63, 3.8) is 0 Å². The van der Waals surface area contributed by atoms with Crippen LogP contribution in [-0.2, 0) is 6.61 Å². The Hall–Kier alpha value is -4.19. The quantitative estimate of drug-likeness (QED) is 0.344. The van der Waals surface area contributed by atoms with Crippen LogP contribution in [0.3, 0.4) is 0 Å². The summed E-state index contributed by atoms with van der Waals surface area (Å²) in [6.07, 6.45) is 5.44. The van der Waals surface area contributed by atoms with Crippen LogP contribution in [-0.4, -0.2) is 16.7 Å². The molecular formula is C25H20FN3O2. The van der Waals surface area contributed by atoms with Crippen molar-refractivity contribution < 1.29 is 13.9 Å². The number of rotatable bonds is 7. The number of hydrogen-bond donors (Lipinski definition) is 1. The number of carbonyl (C=O) groups is 1. The van der Waals surface area contributed by atoms with E-state index in [0.29, 0.717) is 11.3 Å². The van der Waals surface area contributed by atoms with Crippen molar-refractivity contribution in [3.05, 3.63) is 120 Å². The van der Waals surface area contributed by atoms with Crippen molar-refractivity contribution >= 4 is 12.1 Å². The molecule has 0 aliphatic rings. The lowest BCUT2D eigenvalue weighted by molar-refractivity contribution is 0.0955. The van der Waals surface area contributed by atoms with E-state index in [0.717, 1.165) is 16.8 Å². The second-order valence-corrected chi connectivity index (χ2v) is 6.82. The minimum absolute atomic E-state index is 0.282. The predicted molar refractivity (Wildman–Crippen MR) is 118 cm³/mol. The molecule has 1 amide bonds. The van der Waals surface area contributed by atoms with Gasteiger partial charge in [0.15, 0.2) is 0 Å². The van der Waals surface area contributed by atoms with Crippen molar-refractivity contribution in [3.8, 4) is 11.4 Å². The molecule has 0 aliphatic heterocycles. The summed E-state index contributed by atoms with van der Waals surface area (Å²) in [4.78, 5) is 12.3. The van der Waals surface area contributed by atoms with E-state index < -0.39 is 0 Å². The van der Waals surface area contributed by atoms with Gasteiger partial charge in [-0.05, 0) is 83.9 Å². The maximum atomic E-state index is 13.2. The summed E-state index contributed by atoms with van der Waals surface area (Å²) in [5.41, 5.74) is 5.59. The molecule has 31 heavy (non-hydrogen) atoms. The van der Waals surface area contributed by atoms with Gasteiger partial charge in [-0.3, -0.25) is 4.79 Å². The molecule has 0 atom stereocenters. The Bertz CT molecular complexity index is 1170. The molecule has 0 radical (unpaired) electrons. The van der Waals surface area contributed by atoms with E-state index in [2.05, 4.69) is 10.5 Å². The Morgan fingerprint density at radius 3 is 2.42 bits per heavy atom. The summed E-state index contributed by atoms with van der Waals surface area (Å²) in [6, 6.07) is 24.7. The van der Waals surface area contributed by atoms with Gasteiger partial charge in [-0.25, -0.2) is 9.82 Å². The monoisotopic (exact) mass is 413 g/mol. The highest BCUT2D eigenvalue weighted by atomic mass is 19.1. The third-order valence-corrected chi connectivity index (χ3v) is 4.59. The van der Waals surface area contributed by atoms with Crippen molar-refractivity contribution in [2.75, 3.05) is 0 Å². The Labute approximate surface area is 179 Å². The van der Waals surface area contributed by atoms with Crippen molar-refractivity contribution in [2.24, 2.45) is 5.10 Å². The smallest absolute Gasteiger partial charge is 0.271 e. The maximum absolute atomic E-state index is 13.2. The first-order valence-electron chi connectivity index (χ1n) is 9.71. The molecule has 0 unspecified atom stereocenters. The first-order chi connectivity index (χ1) is 15.2. The number of ether oxygens (including phenoxy) is 1. The lowest BCUT2D eigenvalue weighted by Crippen LogP contribution is -2.17. The number of hydrogen-bond acceptors (Lipinski definition) is 3. The van der Waals surface area contributed by atoms with Gasteiger partial charge in [0.2, 0.25) is 0 Å². The normalized spacial score (nSPS) is 10.9. The average Bonchev–Trinajstić information content (AvgIpc) is 3.34. The second-order valence-electron chi connectivity index (χ2n) is 6.82. The first kappa shape index (κ1) is 20.1. The number of nitrogens with one attached hydrogen (secondary N) is 1. The van der Waals surface area contributed by atoms with Crippen LogP contribution in [0.2, 0.25) is 0 Å². The van der Waals surface area contributed by atoms with Gasteiger partial charge in [0.1, 0.15) is 18.2 Å². The highest BCUT2D eigenvalue weighted by Gasteiger charge is 2.04. The molecule has 154 valence electrons. The van der Waals surface area contributed by atoms with E-state index in [9.17, 15) is 9.18 Å². The molecule has 1 aromatic heterocycles. The molecule has 5 nitrogen and oxygen atoms in total. The molecular weight excluding hydrogens is 393 g/mol. The van der Waals surface area contributed by atoms with E-state index in [4.69, 9.17) is 4.74 Å². The molecule has 0 fully saturated rings. The number of carbonyl (C=O) groups excluding carboxylic acids is 1. The lowest BCUT2D eigenvalue weighted by atomic mass is 10.2. The summed E-state index contributed by atoms with van der Waals surface area (Å²) in [6.45, 7) is 0.282. The van der Waals surface area contributed by atoms with Gasteiger partial charge in [0.25, 0.3) is 5.91 Å². The van der Waals surface area contributed by atoms with E-state index in [1.165, 1.54) is 12.1 Å². The van der Waals surface area contributed by atoms with Crippen molar-refractivity contribution in [2.45, 2.75) is 6.61 Å². The van der Waals surface area contributed by atoms with Gasteiger partial charge in [-0.2, -0.15) is 5.10 Å². The van der Waals surface area contributed by atoms with Gasteiger partial charge in [0, 0.05) is 23.6 Å². The fourth-order valence-corrected chi connectivity index (χ4v) is 2.97. The summed E-state index contributed by atoms with van der Waals surface area (Å²) >= 11 is 0. The van der Waals surface area contributed by atoms with Crippen LogP contribution in [0, 0.1) is 5.82 Å². The number of halogens is 1. The Balaban J connectivity index is 1.29. The molecule has 4 aromatic rings. The zero-order chi connectivity index (χ0) is 21.5. The van der Waals surface area contributed by atoms with Crippen LogP contribution in [0.25, 0.3) is 5.69 Å².